The Labute approximate surface area is 101 Å². The van der Waals surface area contributed by atoms with Crippen LogP contribution in [0, 0.1) is 35.6 Å². The average Bonchev–Trinajstić information content (AvgIpc) is 1.00. The quantitative estimate of drug-likeness (QED) is 0.538. The Bertz CT molecular complexity index is 8.00. The fourth-order valence-corrected chi connectivity index (χ4v) is 0. The summed E-state index contributed by atoms with van der Waals surface area (Å²) in [5, 5.41) is 0. The first-order chi connectivity index (χ1) is 1.00. The van der Waals surface area contributed by atoms with Crippen molar-refractivity contribution in [2.24, 2.45) is 0 Å². The molecule has 0 fully saturated rings. The van der Waals surface area contributed by atoms with Gasteiger partial charge in [0.05, 0.1) is 0 Å². The fraction of sp³-hybridized carbons (Fsp3) is 0. The molecule has 0 aromatic heterocycles. The van der Waals surface area contributed by atoms with Gasteiger partial charge in [-0.2, -0.15) is 0 Å². The van der Waals surface area contributed by atoms with E-state index < -0.39 is 0 Å². The molecule has 20 valence electrons. The molecule has 0 heterocycles. The van der Waals surface area contributed by atoms with Gasteiger partial charge in [-0.1, -0.05) is 0 Å². The Morgan fingerprint density at radius 1 is 1.25 bits per heavy atom. The van der Waals surface area contributed by atoms with Gasteiger partial charge in [-0.15, -0.1) is 0 Å². The SMILES string of the molecule is [Ba].[La].[O]=[Co]. The molecule has 0 spiro atoms. The standard InChI is InChI=1S/Ba.Co.La.O. The summed E-state index contributed by atoms with van der Waals surface area (Å²) in [4.78, 5) is 0. The first kappa shape index (κ1) is 15.7. The Balaban J connectivity index is -0.00000000500. The van der Waals surface area contributed by atoms with Crippen LogP contribution in [0.1, 0.15) is 0 Å². The first-order valence-electron chi connectivity index (χ1n) is 0.136. The van der Waals surface area contributed by atoms with Crippen molar-refractivity contribution in [3.63, 3.8) is 0 Å². The summed E-state index contributed by atoms with van der Waals surface area (Å²) in [7, 11) is 0. The second kappa shape index (κ2) is 16.6. The molecule has 0 rings (SSSR count). The van der Waals surface area contributed by atoms with Gasteiger partial charge in [0, 0.05) is 84.5 Å². The van der Waals surface area contributed by atoms with E-state index in [1.165, 1.54) is 0 Å². The third-order valence-corrected chi connectivity index (χ3v) is 0. The van der Waals surface area contributed by atoms with Gasteiger partial charge in [-0.05, 0) is 0 Å². The number of hydrogen-bond acceptors (Lipinski definition) is 1. The molecule has 0 aromatic rings. The molecular formula is BaCoLaO. The zero-order chi connectivity index (χ0) is 2.00. The molecule has 1 nitrogen and oxygen atoms in total. The third-order valence-electron chi connectivity index (χ3n) is 0. The van der Waals surface area contributed by atoms with Gasteiger partial charge >= 0.3 is 19.5 Å². The van der Waals surface area contributed by atoms with E-state index in [2.05, 4.69) is 15.7 Å². The monoisotopic (exact) mass is 352 g/mol. The average molecular weight is 351 g/mol. The molecule has 0 aromatic carbocycles. The van der Waals surface area contributed by atoms with Crippen LogP contribution in [-0.4, -0.2) is 48.9 Å². The Morgan fingerprint density at radius 2 is 1.25 bits per heavy atom. The predicted molar refractivity (Wildman–Crippen MR) is 6.44 cm³/mol. The Morgan fingerprint density at radius 3 is 1.25 bits per heavy atom. The van der Waals surface area contributed by atoms with Crippen molar-refractivity contribution in [3.05, 3.63) is 0 Å². The Kier molecular flexibility index (Phi) is 65.1. The molecule has 4 heteroatoms. The van der Waals surface area contributed by atoms with Gasteiger partial charge < -0.3 is 0 Å². The zero-order valence-electron chi connectivity index (χ0n) is 2.03. The van der Waals surface area contributed by atoms with Crippen LogP contribution >= 0.6 is 0 Å². The van der Waals surface area contributed by atoms with Crippen molar-refractivity contribution in [1.29, 1.82) is 0 Å². The second-order valence-electron chi connectivity index (χ2n) is 0. The van der Waals surface area contributed by atoms with Crippen molar-refractivity contribution in [2.75, 3.05) is 0 Å². The summed E-state index contributed by atoms with van der Waals surface area (Å²) in [6.45, 7) is 0. The van der Waals surface area contributed by atoms with E-state index in [9.17, 15) is 0 Å². The topological polar surface area (TPSA) is 17.1 Å². The van der Waals surface area contributed by atoms with Gasteiger partial charge in [0.25, 0.3) is 0 Å². The fourth-order valence-electron chi connectivity index (χ4n) is 0. The normalized spacial score (nSPS) is 1.25. The molecule has 0 amide bonds. The van der Waals surface area contributed by atoms with Crippen LogP contribution in [0.3, 0.4) is 0 Å². The molecule has 3 radical (unpaired) electrons. The van der Waals surface area contributed by atoms with Gasteiger partial charge in [-0.3, -0.25) is 0 Å². The van der Waals surface area contributed by atoms with E-state index in [1.54, 1.807) is 0 Å². The van der Waals surface area contributed by atoms with E-state index in [1.807, 2.05) is 0 Å². The molecule has 0 saturated carbocycles. The molecular weight excluding hydrogens is 351 g/mol. The van der Waals surface area contributed by atoms with Crippen LogP contribution in [0.2, 0.25) is 0 Å². The van der Waals surface area contributed by atoms with Crippen molar-refractivity contribution in [1.82, 2.24) is 0 Å². The Hall–Kier alpha value is 3.07. The van der Waals surface area contributed by atoms with Crippen LogP contribution in [0.5, 0.6) is 0 Å². The van der Waals surface area contributed by atoms with Gasteiger partial charge in [0.1, 0.15) is 0 Å². The molecule has 0 saturated heterocycles. The van der Waals surface area contributed by atoms with Crippen molar-refractivity contribution in [3.8, 4) is 0 Å². The molecule has 0 aliphatic heterocycles. The minimum absolute atomic E-state index is 0. The van der Waals surface area contributed by atoms with Crippen molar-refractivity contribution < 1.29 is 55.1 Å². The van der Waals surface area contributed by atoms with E-state index >= 15 is 0 Å². The summed E-state index contributed by atoms with van der Waals surface area (Å²) < 4.78 is 7.94. The summed E-state index contributed by atoms with van der Waals surface area (Å²) in [6, 6.07) is 0. The van der Waals surface area contributed by atoms with E-state index in [-0.39, 0.29) is 84.5 Å². The molecule has 0 bridgehead atoms. The molecule has 4 heavy (non-hydrogen) atoms. The molecule has 0 unspecified atom stereocenters. The molecule has 0 aliphatic carbocycles. The van der Waals surface area contributed by atoms with Gasteiger partial charge in [-0.25, -0.2) is 0 Å². The third kappa shape index (κ3) is 8.91. The maximum absolute atomic E-state index is 7.94. The van der Waals surface area contributed by atoms with E-state index in [4.69, 9.17) is 3.87 Å². The molecule has 0 N–H and O–H groups in total. The van der Waals surface area contributed by atoms with Crippen LogP contribution < -0.4 is 0 Å². The summed E-state index contributed by atoms with van der Waals surface area (Å²) in [6.07, 6.45) is 0. The van der Waals surface area contributed by atoms with Crippen LogP contribution in [0.15, 0.2) is 0 Å². The van der Waals surface area contributed by atoms with E-state index in [0.717, 1.165) is 0 Å². The number of hydrogen-bond donors (Lipinski definition) is 0. The summed E-state index contributed by atoms with van der Waals surface area (Å²) >= 11 is 2.31. The van der Waals surface area contributed by atoms with Gasteiger partial charge in [0.2, 0.25) is 0 Å². The summed E-state index contributed by atoms with van der Waals surface area (Å²) in [5.74, 6) is 0. The number of rotatable bonds is 0. The minimum atomic E-state index is 0. The van der Waals surface area contributed by atoms with Crippen LogP contribution in [-0.2, 0) is 19.5 Å². The first-order valence-corrected chi connectivity index (χ1v) is 0.561. The van der Waals surface area contributed by atoms with Crippen LogP contribution in [0.4, 0.5) is 0 Å². The summed E-state index contributed by atoms with van der Waals surface area (Å²) in [5.41, 5.74) is 0. The zero-order valence-corrected chi connectivity index (χ0v) is 11.1. The predicted octanol–water partition coefficient (Wildman–Crippen LogP) is -0.502. The van der Waals surface area contributed by atoms with Gasteiger partial charge in [0.15, 0.2) is 0 Å². The second-order valence-corrected chi connectivity index (χ2v) is 0. The maximum atomic E-state index is 7.94. The van der Waals surface area contributed by atoms with Crippen molar-refractivity contribution >= 4 is 48.9 Å². The molecule has 0 atom stereocenters. The van der Waals surface area contributed by atoms with Crippen LogP contribution in [0.25, 0.3) is 0 Å². The van der Waals surface area contributed by atoms with Crippen molar-refractivity contribution in [2.45, 2.75) is 0 Å². The molecule has 0 aliphatic rings. The van der Waals surface area contributed by atoms with E-state index in [0.29, 0.717) is 0 Å².